The Balaban J connectivity index is 1.34. The van der Waals surface area contributed by atoms with Gasteiger partial charge in [0.1, 0.15) is 18.4 Å². The highest BCUT2D eigenvalue weighted by Crippen LogP contribution is 2.36. The van der Waals surface area contributed by atoms with Crippen LogP contribution < -0.4 is 19.7 Å². The molecular formula is C37H43FN6O4. The third-order valence-electron chi connectivity index (χ3n) is 9.53. The van der Waals surface area contributed by atoms with Crippen LogP contribution in [0.4, 0.5) is 10.1 Å². The predicted molar refractivity (Wildman–Crippen MR) is 180 cm³/mol. The quantitative estimate of drug-likeness (QED) is 0.190. The van der Waals surface area contributed by atoms with Gasteiger partial charge < -0.3 is 14.8 Å². The standard InChI is InChI=1S/C37H43FN6O4/c1-47-32-22-17-28(23-33(32)48-2)36-40-42-43(41-36)24-34(45)44(31-20-15-26(16-21-31)25-9-5-3-6-10-25)35(27-13-18-29(38)19-14-27)37(46)39-30-11-7-4-8-12-30/h13-23,25,30,35H,3-12,24H2,1-2H3,(H,39,46). The molecule has 1 unspecified atom stereocenters. The van der Waals surface area contributed by atoms with Crippen molar-refractivity contribution in [2.45, 2.75) is 88.8 Å². The summed E-state index contributed by atoms with van der Waals surface area (Å²) in [7, 11) is 3.10. The van der Waals surface area contributed by atoms with Crippen molar-refractivity contribution in [3.05, 3.63) is 83.7 Å². The van der Waals surface area contributed by atoms with Gasteiger partial charge in [0.25, 0.3) is 5.91 Å². The number of hydrogen-bond acceptors (Lipinski definition) is 7. The minimum atomic E-state index is -1.05. The van der Waals surface area contributed by atoms with E-state index in [1.54, 1.807) is 44.6 Å². The van der Waals surface area contributed by atoms with Gasteiger partial charge in [0.05, 0.1) is 14.2 Å². The van der Waals surface area contributed by atoms with E-state index < -0.39 is 17.8 Å². The van der Waals surface area contributed by atoms with Crippen LogP contribution in [0.5, 0.6) is 11.5 Å². The number of rotatable bonds is 11. The lowest BCUT2D eigenvalue weighted by Gasteiger charge is -2.33. The zero-order valence-electron chi connectivity index (χ0n) is 27.6. The zero-order valence-corrected chi connectivity index (χ0v) is 27.6. The lowest BCUT2D eigenvalue weighted by Crippen LogP contribution is -2.48. The first kappa shape index (κ1) is 33.1. The average molecular weight is 655 g/mol. The Bertz CT molecular complexity index is 1680. The number of anilines is 1. The summed E-state index contributed by atoms with van der Waals surface area (Å²) in [5, 5.41) is 16.1. The maximum atomic E-state index is 14.4. The van der Waals surface area contributed by atoms with Crippen LogP contribution in [0, 0.1) is 5.82 Å². The van der Waals surface area contributed by atoms with Crippen LogP contribution in [-0.4, -0.2) is 52.3 Å². The van der Waals surface area contributed by atoms with Crippen LogP contribution in [0.1, 0.15) is 87.3 Å². The van der Waals surface area contributed by atoms with E-state index in [-0.39, 0.29) is 18.5 Å². The zero-order chi connectivity index (χ0) is 33.5. The molecule has 10 nitrogen and oxygen atoms in total. The second-order valence-electron chi connectivity index (χ2n) is 12.7. The van der Waals surface area contributed by atoms with Crippen molar-refractivity contribution < 1.29 is 23.5 Å². The molecule has 0 radical (unpaired) electrons. The largest absolute Gasteiger partial charge is 0.493 e. The van der Waals surface area contributed by atoms with Crippen LogP contribution in [-0.2, 0) is 16.1 Å². The lowest BCUT2D eigenvalue weighted by atomic mass is 9.84. The van der Waals surface area contributed by atoms with Crippen LogP contribution in [0.15, 0.2) is 66.7 Å². The van der Waals surface area contributed by atoms with E-state index in [1.165, 1.54) is 46.7 Å². The van der Waals surface area contributed by atoms with Gasteiger partial charge in [-0.2, -0.15) is 4.80 Å². The molecule has 2 fully saturated rings. The SMILES string of the molecule is COc1ccc(-c2nnn(CC(=O)N(c3ccc(C4CCCCC4)cc3)C(C(=O)NC3CCCCC3)c3ccc(F)cc3)n2)cc1OC. The topological polar surface area (TPSA) is 111 Å². The van der Waals surface area contributed by atoms with E-state index in [1.807, 2.05) is 12.1 Å². The number of tetrazole rings is 1. The molecule has 0 bridgehead atoms. The highest BCUT2D eigenvalue weighted by molar-refractivity contribution is 6.01. The molecule has 0 spiro atoms. The van der Waals surface area contributed by atoms with E-state index >= 15 is 0 Å². The van der Waals surface area contributed by atoms with Gasteiger partial charge in [-0.05, 0) is 90.4 Å². The summed E-state index contributed by atoms with van der Waals surface area (Å²) in [6.45, 7) is -0.279. The summed E-state index contributed by atoms with van der Waals surface area (Å²) >= 11 is 0. The number of halogens is 1. The van der Waals surface area contributed by atoms with E-state index in [9.17, 15) is 14.0 Å². The van der Waals surface area contributed by atoms with E-state index in [0.717, 1.165) is 44.9 Å². The first-order chi connectivity index (χ1) is 23.4. The van der Waals surface area contributed by atoms with Crippen molar-refractivity contribution >= 4 is 17.5 Å². The highest BCUT2D eigenvalue weighted by Gasteiger charge is 2.35. The predicted octanol–water partition coefficient (Wildman–Crippen LogP) is 6.77. The second kappa shape index (κ2) is 15.4. The van der Waals surface area contributed by atoms with Crippen LogP contribution in [0.25, 0.3) is 11.4 Å². The fourth-order valence-electron chi connectivity index (χ4n) is 6.97. The number of benzene rings is 3. The highest BCUT2D eigenvalue weighted by atomic mass is 19.1. The molecular weight excluding hydrogens is 611 g/mol. The molecule has 252 valence electrons. The van der Waals surface area contributed by atoms with E-state index in [2.05, 4.69) is 32.9 Å². The molecule has 11 heteroatoms. The minimum absolute atomic E-state index is 0.0147. The minimum Gasteiger partial charge on any atom is -0.493 e. The van der Waals surface area contributed by atoms with Crippen molar-refractivity contribution in [3.63, 3.8) is 0 Å². The molecule has 0 aliphatic heterocycles. The van der Waals surface area contributed by atoms with Gasteiger partial charge in [-0.15, -0.1) is 10.2 Å². The number of amides is 2. The summed E-state index contributed by atoms with van der Waals surface area (Å²) in [5.41, 5.74) is 2.94. The van der Waals surface area contributed by atoms with Gasteiger partial charge in [-0.3, -0.25) is 14.5 Å². The maximum Gasteiger partial charge on any atom is 0.251 e. The monoisotopic (exact) mass is 654 g/mol. The molecule has 6 rings (SSSR count). The Morgan fingerprint density at radius 1 is 0.875 bits per heavy atom. The van der Waals surface area contributed by atoms with Crippen molar-refractivity contribution in [1.82, 2.24) is 25.5 Å². The fraction of sp³-hybridized carbons (Fsp3) is 0.432. The van der Waals surface area contributed by atoms with Crippen molar-refractivity contribution in [2.24, 2.45) is 0 Å². The van der Waals surface area contributed by atoms with Gasteiger partial charge in [0, 0.05) is 17.3 Å². The molecule has 2 amide bonds. The second-order valence-corrected chi connectivity index (χ2v) is 12.7. The summed E-state index contributed by atoms with van der Waals surface area (Å²) in [5.74, 6) is 0.713. The molecule has 1 atom stereocenters. The van der Waals surface area contributed by atoms with Gasteiger partial charge in [0.15, 0.2) is 11.5 Å². The summed E-state index contributed by atoms with van der Waals surface area (Å²) in [6.07, 6.45) is 11.0. The molecule has 48 heavy (non-hydrogen) atoms. The smallest absolute Gasteiger partial charge is 0.251 e. The molecule has 2 aliphatic carbocycles. The van der Waals surface area contributed by atoms with Gasteiger partial charge >= 0.3 is 0 Å². The maximum absolute atomic E-state index is 14.4. The fourth-order valence-corrected chi connectivity index (χ4v) is 6.97. The molecule has 2 aliphatic rings. The number of ether oxygens (including phenoxy) is 2. The van der Waals surface area contributed by atoms with Crippen molar-refractivity contribution in [2.75, 3.05) is 19.1 Å². The molecule has 1 N–H and O–H groups in total. The van der Waals surface area contributed by atoms with Crippen molar-refractivity contribution in [1.29, 1.82) is 0 Å². The van der Waals surface area contributed by atoms with Crippen LogP contribution in [0.2, 0.25) is 0 Å². The van der Waals surface area contributed by atoms with Gasteiger partial charge in [-0.25, -0.2) is 4.39 Å². The van der Waals surface area contributed by atoms with Crippen LogP contribution in [0.3, 0.4) is 0 Å². The Hall–Kier alpha value is -4.80. The first-order valence-electron chi connectivity index (χ1n) is 16.9. The first-order valence-corrected chi connectivity index (χ1v) is 16.9. The van der Waals surface area contributed by atoms with Gasteiger partial charge in [0.2, 0.25) is 11.7 Å². The number of hydrogen-bond donors (Lipinski definition) is 1. The molecule has 1 heterocycles. The molecule has 3 aromatic carbocycles. The normalized spacial score (nSPS) is 16.2. The Morgan fingerprint density at radius 3 is 2.21 bits per heavy atom. The third-order valence-corrected chi connectivity index (χ3v) is 9.53. The Morgan fingerprint density at radius 2 is 1.54 bits per heavy atom. The van der Waals surface area contributed by atoms with E-state index in [0.29, 0.717) is 40.1 Å². The Kier molecular flexibility index (Phi) is 10.6. The van der Waals surface area contributed by atoms with Crippen LogP contribution >= 0.6 is 0 Å². The molecule has 0 saturated heterocycles. The van der Waals surface area contributed by atoms with E-state index in [4.69, 9.17) is 9.47 Å². The van der Waals surface area contributed by atoms with Gasteiger partial charge in [-0.1, -0.05) is 62.8 Å². The summed E-state index contributed by atoms with van der Waals surface area (Å²) in [4.78, 5) is 31.3. The number of nitrogens with zero attached hydrogens (tertiary/aromatic N) is 5. The Labute approximate surface area is 280 Å². The number of methoxy groups -OCH3 is 2. The average Bonchev–Trinajstić information content (AvgIpc) is 3.60. The number of nitrogens with one attached hydrogen (secondary N) is 1. The molecule has 1 aromatic heterocycles. The summed E-state index contributed by atoms with van der Waals surface area (Å²) in [6, 6.07) is 18.0. The third kappa shape index (κ3) is 7.67. The number of aromatic nitrogens is 4. The lowest BCUT2D eigenvalue weighted by molar-refractivity contribution is -0.127. The summed E-state index contributed by atoms with van der Waals surface area (Å²) < 4.78 is 24.9. The van der Waals surface area contributed by atoms with Crippen molar-refractivity contribution in [3.8, 4) is 22.9 Å². The molecule has 4 aromatic rings. The number of carbonyl (C=O) groups excluding carboxylic acids is 2. The number of carbonyl (C=O) groups is 2. The molecule has 2 saturated carbocycles.